The lowest BCUT2D eigenvalue weighted by molar-refractivity contribution is 0.195. The zero-order valence-corrected chi connectivity index (χ0v) is 10.5. The van der Waals surface area contributed by atoms with Gasteiger partial charge in [0.2, 0.25) is 0 Å². The lowest BCUT2D eigenvalue weighted by Crippen LogP contribution is -2.36. The Kier molecular flexibility index (Phi) is 4.66. The van der Waals surface area contributed by atoms with Crippen molar-refractivity contribution in [3.05, 3.63) is 35.4 Å². The summed E-state index contributed by atoms with van der Waals surface area (Å²) < 4.78 is 26.1. The molecular weight excluding hydrogens is 234 g/mol. The van der Waals surface area contributed by atoms with Gasteiger partial charge in [0.05, 0.1) is 0 Å². The first kappa shape index (κ1) is 13.4. The van der Waals surface area contributed by atoms with Gasteiger partial charge in [-0.05, 0) is 30.5 Å². The minimum atomic E-state index is -0.787. The van der Waals surface area contributed by atoms with E-state index in [9.17, 15) is 8.78 Å². The van der Waals surface area contributed by atoms with E-state index < -0.39 is 11.6 Å². The van der Waals surface area contributed by atoms with Gasteiger partial charge in [-0.25, -0.2) is 8.78 Å². The lowest BCUT2D eigenvalue weighted by atomic mass is 10.1. The third-order valence-corrected chi connectivity index (χ3v) is 3.63. The van der Waals surface area contributed by atoms with Crippen molar-refractivity contribution in [3.8, 4) is 0 Å². The van der Waals surface area contributed by atoms with E-state index in [-0.39, 0.29) is 0 Å². The third kappa shape index (κ3) is 3.27. The van der Waals surface area contributed by atoms with Gasteiger partial charge in [-0.15, -0.1) is 0 Å². The van der Waals surface area contributed by atoms with Gasteiger partial charge in [-0.3, -0.25) is 4.90 Å². The van der Waals surface area contributed by atoms with Crippen LogP contribution in [0.2, 0.25) is 0 Å². The largest absolute Gasteiger partial charge is 0.329 e. The number of nitrogens with zero attached hydrogens (tertiary/aromatic N) is 1. The molecule has 0 bridgehead atoms. The highest BCUT2D eigenvalue weighted by Gasteiger charge is 2.22. The van der Waals surface area contributed by atoms with E-state index >= 15 is 0 Å². The van der Waals surface area contributed by atoms with Crippen molar-refractivity contribution in [2.75, 3.05) is 13.1 Å². The summed E-state index contributed by atoms with van der Waals surface area (Å²) in [5, 5.41) is 0. The molecule has 1 fully saturated rings. The monoisotopic (exact) mass is 254 g/mol. The Morgan fingerprint density at radius 3 is 2.50 bits per heavy atom. The molecule has 18 heavy (non-hydrogen) atoms. The van der Waals surface area contributed by atoms with Gasteiger partial charge in [0.15, 0.2) is 11.6 Å². The van der Waals surface area contributed by atoms with E-state index in [2.05, 4.69) is 4.90 Å². The van der Waals surface area contributed by atoms with Crippen LogP contribution in [-0.2, 0) is 6.54 Å². The van der Waals surface area contributed by atoms with E-state index in [0.717, 1.165) is 12.1 Å². The fourth-order valence-electron chi connectivity index (χ4n) is 2.70. The molecule has 100 valence electrons. The zero-order valence-electron chi connectivity index (χ0n) is 10.5. The third-order valence-electron chi connectivity index (χ3n) is 3.63. The summed E-state index contributed by atoms with van der Waals surface area (Å²) in [5.41, 5.74) is 6.44. The van der Waals surface area contributed by atoms with Crippen LogP contribution in [0.15, 0.2) is 18.2 Å². The Bertz CT molecular complexity index is 389. The first-order valence-electron chi connectivity index (χ1n) is 6.58. The topological polar surface area (TPSA) is 29.3 Å². The van der Waals surface area contributed by atoms with Gasteiger partial charge in [0.25, 0.3) is 0 Å². The Hall–Kier alpha value is -1.00. The van der Waals surface area contributed by atoms with Crippen molar-refractivity contribution >= 4 is 0 Å². The van der Waals surface area contributed by atoms with Gasteiger partial charge in [0, 0.05) is 25.7 Å². The SMILES string of the molecule is NCCN(Cc1ccc(F)c(F)c1)C1CCCC1. The molecule has 0 atom stereocenters. The van der Waals surface area contributed by atoms with Gasteiger partial charge in [-0.1, -0.05) is 18.9 Å². The molecule has 1 aliphatic rings. The maximum atomic E-state index is 13.2. The van der Waals surface area contributed by atoms with Crippen LogP contribution in [0.1, 0.15) is 31.2 Å². The standard InChI is InChI=1S/C14H20F2N2/c15-13-6-5-11(9-14(13)16)10-18(8-7-17)12-3-1-2-4-12/h5-6,9,12H,1-4,7-8,10,17H2. The zero-order chi connectivity index (χ0) is 13.0. The number of rotatable bonds is 5. The molecular formula is C14H20F2N2. The minimum absolute atomic E-state index is 0.543. The maximum absolute atomic E-state index is 13.2. The van der Waals surface area contributed by atoms with E-state index in [1.165, 1.54) is 37.8 Å². The molecule has 1 saturated carbocycles. The molecule has 0 aromatic heterocycles. The Morgan fingerprint density at radius 1 is 1.17 bits per heavy atom. The Morgan fingerprint density at radius 2 is 1.89 bits per heavy atom. The maximum Gasteiger partial charge on any atom is 0.159 e. The second kappa shape index (κ2) is 6.25. The summed E-state index contributed by atoms with van der Waals surface area (Å²) in [6, 6.07) is 4.67. The van der Waals surface area contributed by atoms with Crippen LogP contribution >= 0.6 is 0 Å². The summed E-state index contributed by atoms with van der Waals surface area (Å²) in [6.45, 7) is 2.06. The quantitative estimate of drug-likeness (QED) is 0.875. The molecule has 0 aliphatic heterocycles. The Balaban J connectivity index is 2.04. The molecule has 1 aromatic carbocycles. The van der Waals surface area contributed by atoms with E-state index in [4.69, 9.17) is 5.73 Å². The van der Waals surface area contributed by atoms with Crippen molar-refractivity contribution in [2.24, 2.45) is 5.73 Å². The van der Waals surface area contributed by atoms with Crippen LogP contribution in [0.4, 0.5) is 8.78 Å². The summed E-state index contributed by atoms with van der Waals surface area (Å²) in [4.78, 5) is 2.29. The van der Waals surface area contributed by atoms with Crippen LogP contribution in [-0.4, -0.2) is 24.0 Å². The molecule has 0 spiro atoms. The summed E-state index contributed by atoms with van der Waals surface area (Å²) in [6.07, 6.45) is 4.88. The highest BCUT2D eigenvalue weighted by Crippen LogP contribution is 2.24. The van der Waals surface area contributed by atoms with E-state index in [1.54, 1.807) is 6.07 Å². The second-order valence-electron chi connectivity index (χ2n) is 4.95. The van der Waals surface area contributed by atoms with Crippen LogP contribution in [0.25, 0.3) is 0 Å². The molecule has 4 heteroatoms. The normalized spacial score (nSPS) is 16.7. The molecule has 0 heterocycles. The van der Waals surface area contributed by atoms with Gasteiger partial charge in [0.1, 0.15) is 0 Å². The summed E-state index contributed by atoms with van der Waals surface area (Å²) in [5.74, 6) is -1.56. The molecule has 0 amide bonds. The first-order chi connectivity index (χ1) is 8.70. The first-order valence-corrected chi connectivity index (χ1v) is 6.58. The summed E-state index contributed by atoms with van der Waals surface area (Å²) >= 11 is 0. The fraction of sp³-hybridized carbons (Fsp3) is 0.571. The predicted molar refractivity (Wildman–Crippen MR) is 68.1 cm³/mol. The average molecular weight is 254 g/mol. The molecule has 1 aromatic rings. The molecule has 2 N–H and O–H groups in total. The molecule has 2 rings (SSSR count). The van der Waals surface area contributed by atoms with Crippen molar-refractivity contribution in [3.63, 3.8) is 0 Å². The smallest absolute Gasteiger partial charge is 0.159 e. The van der Waals surface area contributed by atoms with Gasteiger partial charge >= 0.3 is 0 Å². The van der Waals surface area contributed by atoms with Crippen LogP contribution < -0.4 is 5.73 Å². The predicted octanol–water partition coefficient (Wildman–Crippen LogP) is 2.67. The summed E-state index contributed by atoms with van der Waals surface area (Å²) in [7, 11) is 0. The second-order valence-corrected chi connectivity index (χ2v) is 4.95. The van der Waals surface area contributed by atoms with Crippen molar-refractivity contribution < 1.29 is 8.78 Å². The lowest BCUT2D eigenvalue weighted by Gasteiger charge is -2.28. The van der Waals surface area contributed by atoms with E-state index in [1.807, 2.05) is 0 Å². The van der Waals surface area contributed by atoms with E-state index in [0.29, 0.717) is 19.1 Å². The molecule has 0 saturated heterocycles. The van der Waals surface area contributed by atoms with Crippen molar-refractivity contribution in [2.45, 2.75) is 38.3 Å². The average Bonchev–Trinajstić information content (AvgIpc) is 2.87. The number of benzene rings is 1. The fourth-order valence-corrected chi connectivity index (χ4v) is 2.70. The minimum Gasteiger partial charge on any atom is -0.329 e. The van der Waals surface area contributed by atoms with Crippen LogP contribution in [0.3, 0.4) is 0 Å². The molecule has 2 nitrogen and oxygen atoms in total. The molecule has 0 unspecified atom stereocenters. The number of nitrogens with two attached hydrogens (primary N) is 1. The highest BCUT2D eigenvalue weighted by atomic mass is 19.2. The number of hydrogen-bond acceptors (Lipinski definition) is 2. The number of hydrogen-bond donors (Lipinski definition) is 1. The Labute approximate surface area is 107 Å². The molecule has 1 aliphatic carbocycles. The highest BCUT2D eigenvalue weighted by molar-refractivity contribution is 5.17. The van der Waals surface area contributed by atoms with Gasteiger partial charge < -0.3 is 5.73 Å². The van der Waals surface area contributed by atoms with Crippen LogP contribution in [0.5, 0.6) is 0 Å². The van der Waals surface area contributed by atoms with Gasteiger partial charge in [-0.2, -0.15) is 0 Å². The molecule has 0 radical (unpaired) electrons. The number of halogens is 2. The van der Waals surface area contributed by atoms with Crippen LogP contribution in [0, 0.1) is 11.6 Å². The van der Waals surface area contributed by atoms with Crippen molar-refractivity contribution in [1.29, 1.82) is 0 Å². The van der Waals surface area contributed by atoms with Crippen molar-refractivity contribution in [1.82, 2.24) is 4.90 Å².